The summed E-state index contributed by atoms with van der Waals surface area (Å²) in [5.74, 6) is 1.24. The van der Waals surface area contributed by atoms with Crippen LogP contribution in [0.2, 0.25) is 0 Å². The van der Waals surface area contributed by atoms with Gasteiger partial charge in [-0.05, 0) is 31.1 Å². The second-order valence-corrected chi connectivity index (χ2v) is 6.67. The van der Waals surface area contributed by atoms with Gasteiger partial charge in [-0.15, -0.1) is 0 Å². The van der Waals surface area contributed by atoms with Crippen molar-refractivity contribution in [2.24, 2.45) is 11.8 Å². The molecule has 20 heavy (non-hydrogen) atoms. The number of amides is 2. The van der Waals surface area contributed by atoms with Crippen molar-refractivity contribution in [3.05, 3.63) is 0 Å². The quantitative estimate of drug-likeness (QED) is 0.780. The van der Waals surface area contributed by atoms with E-state index in [0.717, 1.165) is 32.2 Å². The minimum atomic E-state index is -0.236. The zero-order valence-electron chi connectivity index (χ0n) is 13.4. The van der Waals surface area contributed by atoms with E-state index in [2.05, 4.69) is 33.0 Å². The van der Waals surface area contributed by atoms with Crippen molar-refractivity contribution in [3.63, 3.8) is 0 Å². The van der Waals surface area contributed by atoms with Gasteiger partial charge >= 0.3 is 0 Å². The molecule has 1 fully saturated rings. The Morgan fingerprint density at radius 3 is 2.50 bits per heavy atom. The van der Waals surface area contributed by atoms with E-state index in [0.29, 0.717) is 24.8 Å². The van der Waals surface area contributed by atoms with Gasteiger partial charge in [0.25, 0.3) is 0 Å². The fraction of sp³-hybridized carbons (Fsp3) is 0.875. The molecule has 1 N–H and O–H groups in total. The average Bonchev–Trinajstić information content (AvgIpc) is 2.84. The number of hydrogen-bond acceptors (Lipinski definition) is 2. The van der Waals surface area contributed by atoms with E-state index in [1.165, 1.54) is 0 Å². The molecular formula is C16H30N2O2. The van der Waals surface area contributed by atoms with Crippen molar-refractivity contribution in [2.75, 3.05) is 13.1 Å². The average molecular weight is 282 g/mol. The molecule has 0 aromatic carbocycles. The summed E-state index contributed by atoms with van der Waals surface area (Å²) in [6, 6.07) is -0.236. The Bertz CT molecular complexity index is 326. The molecule has 1 unspecified atom stereocenters. The largest absolute Gasteiger partial charge is 0.354 e. The number of hydrogen-bond donors (Lipinski definition) is 1. The van der Waals surface area contributed by atoms with Gasteiger partial charge in [-0.1, -0.05) is 34.1 Å². The third-order valence-corrected chi connectivity index (χ3v) is 3.73. The van der Waals surface area contributed by atoms with Crippen LogP contribution in [0.5, 0.6) is 0 Å². The van der Waals surface area contributed by atoms with Crippen LogP contribution in [0.1, 0.15) is 59.8 Å². The molecule has 116 valence electrons. The van der Waals surface area contributed by atoms with E-state index < -0.39 is 0 Å². The first-order valence-corrected chi connectivity index (χ1v) is 7.99. The van der Waals surface area contributed by atoms with Crippen LogP contribution in [0.4, 0.5) is 0 Å². The maximum atomic E-state index is 12.2. The SMILES string of the molecule is CC(C)CCCC(=O)N1CCCC1C(=O)NCC(C)C. The predicted molar refractivity (Wildman–Crippen MR) is 81.3 cm³/mol. The van der Waals surface area contributed by atoms with E-state index in [1.54, 1.807) is 4.90 Å². The normalized spacial score (nSPS) is 18.9. The Labute approximate surface area is 123 Å². The first-order valence-electron chi connectivity index (χ1n) is 7.99. The van der Waals surface area contributed by atoms with E-state index in [-0.39, 0.29) is 17.9 Å². The van der Waals surface area contributed by atoms with Crippen molar-refractivity contribution in [1.82, 2.24) is 10.2 Å². The van der Waals surface area contributed by atoms with E-state index in [9.17, 15) is 9.59 Å². The standard InChI is InChI=1S/C16H30N2O2/c1-12(2)7-5-9-15(19)18-10-6-8-14(18)16(20)17-11-13(3)4/h12-14H,5-11H2,1-4H3,(H,17,20). The molecule has 1 aliphatic heterocycles. The fourth-order valence-electron chi connectivity index (χ4n) is 2.57. The molecule has 0 spiro atoms. The van der Waals surface area contributed by atoms with Gasteiger partial charge in [-0.3, -0.25) is 9.59 Å². The topological polar surface area (TPSA) is 49.4 Å². The van der Waals surface area contributed by atoms with Crippen molar-refractivity contribution in [3.8, 4) is 0 Å². The predicted octanol–water partition coefficient (Wildman–Crippen LogP) is 2.58. The third-order valence-electron chi connectivity index (χ3n) is 3.73. The van der Waals surface area contributed by atoms with Gasteiger partial charge in [-0.25, -0.2) is 0 Å². The molecule has 1 rings (SSSR count). The molecule has 0 bridgehead atoms. The molecule has 0 aromatic heterocycles. The lowest BCUT2D eigenvalue weighted by molar-refractivity contribution is -0.138. The van der Waals surface area contributed by atoms with E-state index in [1.807, 2.05) is 0 Å². The van der Waals surface area contributed by atoms with Crippen LogP contribution in [-0.4, -0.2) is 35.8 Å². The van der Waals surface area contributed by atoms with Gasteiger partial charge < -0.3 is 10.2 Å². The first kappa shape index (κ1) is 17.0. The summed E-state index contributed by atoms with van der Waals surface area (Å²) in [6.45, 7) is 9.91. The van der Waals surface area contributed by atoms with Crippen LogP contribution in [0.15, 0.2) is 0 Å². The summed E-state index contributed by atoms with van der Waals surface area (Å²) >= 11 is 0. The second-order valence-electron chi connectivity index (χ2n) is 6.67. The third kappa shape index (κ3) is 5.51. The molecule has 0 aliphatic carbocycles. The highest BCUT2D eigenvalue weighted by molar-refractivity contribution is 5.88. The zero-order valence-corrected chi connectivity index (χ0v) is 13.4. The van der Waals surface area contributed by atoms with E-state index in [4.69, 9.17) is 0 Å². The van der Waals surface area contributed by atoms with Gasteiger partial charge in [0.2, 0.25) is 11.8 Å². The highest BCUT2D eigenvalue weighted by Gasteiger charge is 2.33. The van der Waals surface area contributed by atoms with Crippen molar-refractivity contribution in [2.45, 2.75) is 65.8 Å². The number of nitrogens with one attached hydrogen (secondary N) is 1. The Balaban J connectivity index is 2.43. The van der Waals surface area contributed by atoms with Gasteiger partial charge in [0.15, 0.2) is 0 Å². The molecule has 0 saturated carbocycles. The molecule has 2 amide bonds. The van der Waals surface area contributed by atoms with E-state index >= 15 is 0 Å². The Kier molecular flexibility index (Phi) is 7.03. The van der Waals surface area contributed by atoms with Crippen LogP contribution in [0.25, 0.3) is 0 Å². The summed E-state index contributed by atoms with van der Waals surface area (Å²) in [6.07, 6.45) is 4.32. The highest BCUT2D eigenvalue weighted by atomic mass is 16.2. The number of nitrogens with zero attached hydrogens (tertiary/aromatic N) is 1. The van der Waals surface area contributed by atoms with Gasteiger partial charge in [0.1, 0.15) is 6.04 Å². The molecule has 0 aromatic rings. The second kappa shape index (κ2) is 8.28. The molecule has 1 aliphatic rings. The van der Waals surface area contributed by atoms with Crippen molar-refractivity contribution < 1.29 is 9.59 Å². The van der Waals surface area contributed by atoms with Gasteiger partial charge in [0.05, 0.1) is 0 Å². The molecular weight excluding hydrogens is 252 g/mol. The van der Waals surface area contributed by atoms with Crippen LogP contribution < -0.4 is 5.32 Å². The summed E-state index contributed by atoms with van der Waals surface area (Å²) < 4.78 is 0. The van der Waals surface area contributed by atoms with Crippen molar-refractivity contribution in [1.29, 1.82) is 0 Å². The smallest absolute Gasteiger partial charge is 0.242 e. The summed E-state index contributed by atoms with van der Waals surface area (Å²) in [7, 11) is 0. The monoisotopic (exact) mass is 282 g/mol. The summed E-state index contributed by atoms with van der Waals surface area (Å²) in [5, 5.41) is 2.95. The number of carbonyl (C=O) groups excluding carboxylic acids is 2. The Morgan fingerprint density at radius 1 is 1.20 bits per heavy atom. The number of likely N-dealkylation sites (tertiary alicyclic amines) is 1. The van der Waals surface area contributed by atoms with Gasteiger partial charge in [0, 0.05) is 19.5 Å². The lowest BCUT2D eigenvalue weighted by Crippen LogP contribution is -2.46. The first-order chi connectivity index (χ1) is 9.41. The Hall–Kier alpha value is -1.06. The molecule has 1 heterocycles. The van der Waals surface area contributed by atoms with Crippen LogP contribution in [-0.2, 0) is 9.59 Å². The highest BCUT2D eigenvalue weighted by Crippen LogP contribution is 2.20. The fourth-order valence-corrected chi connectivity index (χ4v) is 2.57. The van der Waals surface area contributed by atoms with Gasteiger partial charge in [-0.2, -0.15) is 0 Å². The number of carbonyl (C=O) groups is 2. The number of rotatable bonds is 7. The van der Waals surface area contributed by atoms with Crippen LogP contribution in [0, 0.1) is 11.8 Å². The Morgan fingerprint density at radius 2 is 1.90 bits per heavy atom. The lowest BCUT2D eigenvalue weighted by Gasteiger charge is -2.24. The molecule has 1 atom stereocenters. The lowest BCUT2D eigenvalue weighted by atomic mass is 10.1. The summed E-state index contributed by atoms with van der Waals surface area (Å²) in [4.78, 5) is 26.2. The van der Waals surface area contributed by atoms with Crippen LogP contribution in [0.3, 0.4) is 0 Å². The van der Waals surface area contributed by atoms with Crippen molar-refractivity contribution >= 4 is 11.8 Å². The maximum absolute atomic E-state index is 12.2. The minimum absolute atomic E-state index is 0.0217. The minimum Gasteiger partial charge on any atom is -0.354 e. The zero-order chi connectivity index (χ0) is 15.1. The molecule has 1 saturated heterocycles. The molecule has 4 nitrogen and oxygen atoms in total. The molecule has 4 heteroatoms. The maximum Gasteiger partial charge on any atom is 0.242 e. The summed E-state index contributed by atoms with van der Waals surface area (Å²) in [5.41, 5.74) is 0. The van der Waals surface area contributed by atoms with Crippen LogP contribution >= 0.6 is 0 Å². The molecule has 0 radical (unpaired) electrons.